The highest BCUT2D eigenvalue weighted by Crippen LogP contribution is 2.37. The van der Waals surface area contributed by atoms with Crippen LogP contribution in [0.3, 0.4) is 0 Å². The van der Waals surface area contributed by atoms with Crippen LogP contribution in [0, 0.1) is 12.7 Å². The maximum Gasteiger partial charge on any atom is 0.268 e. The Hall–Kier alpha value is -2.48. The zero-order valence-electron chi connectivity index (χ0n) is 15.8. The van der Waals surface area contributed by atoms with Gasteiger partial charge in [-0.15, -0.1) is 11.3 Å². The van der Waals surface area contributed by atoms with Crippen LogP contribution in [-0.2, 0) is 0 Å². The van der Waals surface area contributed by atoms with Gasteiger partial charge in [0, 0.05) is 22.8 Å². The summed E-state index contributed by atoms with van der Waals surface area (Å²) in [6.45, 7) is 2.05. The lowest BCUT2D eigenvalue weighted by Gasteiger charge is -2.12. The Morgan fingerprint density at radius 2 is 1.86 bits per heavy atom. The number of nitrogens with zero attached hydrogens (tertiary/aromatic N) is 2. The van der Waals surface area contributed by atoms with Crippen molar-refractivity contribution in [2.75, 3.05) is 12.4 Å². The number of aliphatic hydroxyl groups is 1. The molecule has 4 nitrogen and oxygen atoms in total. The molecular weight excluding hydrogens is 407 g/mol. The van der Waals surface area contributed by atoms with Gasteiger partial charge in [0.25, 0.3) is 5.56 Å². The summed E-state index contributed by atoms with van der Waals surface area (Å²) in [6.07, 6.45) is 0.623. The summed E-state index contributed by atoms with van der Waals surface area (Å²) in [4.78, 5) is 20.1. The molecule has 4 rings (SSSR count). The lowest BCUT2D eigenvalue weighted by atomic mass is 10.0. The summed E-state index contributed by atoms with van der Waals surface area (Å²) in [5, 5.41) is 10.3. The standard InChI is InChI=1S/C22H19FN2O2S2/c1-14-18(15-8-10-16(23)11-9-15)19-20(29-14)24-22(28-13-5-12-26)25(21(19)27)17-6-3-2-4-7-17/h2-4,6-11,26H,5,12-13H2,1H3. The Morgan fingerprint density at radius 3 is 2.55 bits per heavy atom. The van der Waals surface area contributed by atoms with E-state index in [0.717, 1.165) is 21.7 Å². The first kappa shape index (κ1) is 19.8. The van der Waals surface area contributed by atoms with Crippen molar-refractivity contribution < 1.29 is 9.50 Å². The van der Waals surface area contributed by atoms with Crippen LogP contribution in [-0.4, -0.2) is 27.0 Å². The van der Waals surface area contributed by atoms with Crippen LogP contribution in [0.2, 0.25) is 0 Å². The molecule has 0 spiro atoms. The summed E-state index contributed by atoms with van der Waals surface area (Å²) < 4.78 is 15.0. The maximum absolute atomic E-state index is 13.6. The van der Waals surface area contributed by atoms with Gasteiger partial charge in [0.1, 0.15) is 10.6 Å². The number of thiophene rings is 1. The van der Waals surface area contributed by atoms with Crippen molar-refractivity contribution in [1.82, 2.24) is 9.55 Å². The van der Waals surface area contributed by atoms with E-state index in [2.05, 4.69) is 0 Å². The largest absolute Gasteiger partial charge is 0.396 e. The molecule has 0 amide bonds. The molecule has 0 bridgehead atoms. The molecule has 1 N–H and O–H groups in total. The van der Waals surface area contributed by atoms with Gasteiger partial charge < -0.3 is 5.11 Å². The van der Waals surface area contributed by atoms with Crippen molar-refractivity contribution in [2.45, 2.75) is 18.5 Å². The van der Waals surface area contributed by atoms with E-state index in [9.17, 15) is 9.18 Å². The third-order valence-electron chi connectivity index (χ3n) is 4.55. The molecule has 4 aromatic rings. The van der Waals surface area contributed by atoms with E-state index < -0.39 is 0 Å². The third kappa shape index (κ3) is 3.85. The number of halogens is 1. The molecule has 0 aliphatic heterocycles. The van der Waals surface area contributed by atoms with Crippen LogP contribution in [0.1, 0.15) is 11.3 Å². The molecule has 0 saturated carbocycles. The number of hydrogen-bond acceptors (Lipinski definition) is 5. The molecule has 0 unspecified atom stereocenters. The van der Waals surface area contributed by atoms with E-state index in [1.54, 1.807) is 16.7 Å². The number of fused-ring (bicyclic) bond motifs is 1. The van der Waals surface area contributed by atoms with Crippen molar-refractivity contribution in [3.05, 3.63) is 75.6 Å². The molecule has 2 aromatic carbocycles. The van der Waals surface area contributed by atoms with E-state index in [4.69, 9.17) is 10.1 Å². The normalized spacial score (nSPS) is 11.3. The molecule has 0 radical (unpaired) electrons. The lowest BCUT2D eigenvalue weighted by Crippen LogP contribution is -2.21. The number of thioether (sulfide) groups is 1. The van der Waals surface area contributed by atoms with Crippen LogP contribution >= 0.6 is 23.1 Å². The van der Waals surface area contributed by atoms with Gasteiger partial charge in [-0.3, -0.25) is 9.36 Å². The van der Waals surface area contributed by atoms with Crippen LogP contribution in [0.25, 0.3) is 27.0 Å². The van der Waals surface area contributed by atoms with Gasteiger partial charge in [0.2, 0.25) is 0 Å². The van der Waals surface area contributed by atoms with E-state index >= 15 is 0 Å². The maximum atomic E-state index is 13.6. The Labute approximate surface area is 175 Å². The number of aryl methyl sites for hydroxylation is 1. The Kier molecular flexibility index (Phi) is 5.80. The fourth-order valence-electron chi connectivity index (χ4n) is 3.24. The molecule has 0 atom stereocenters. The van der Waals surface area contributed by atoms with Gasteiger partial charge in [0.05, 0.1) is 11.1 Å². The average Bonchev–Trinajstić information content (AvgIpc) is 3.06. The Bertz CT molecular complexity index is 1200. The quantitative estimate of drug-likeness (QED) is 0.267. The number of rotatable bonds is 6. The number of benzene rings is 2. The van der Waals surface area contributed by atoms with Gasteiger partial charge in [0.15, 0.2) is 5.16 Å². The van der Waals surface area contributed by atoms with Crippen molar-refractivity contribution in [1.29, 1.82) is 0 Å². The fourth-order valence-corrected chi connectivity index (χ4v) is 5.26. The highest BCUT2D eigenvalue weighted by molar-refractivity contribution is 7.99. The van der Waals surface area contributed by atoms with E-state index in [-0.39, 0.29) is 18.0 Å². The smallest absolute Gasteiger partial charge is 0.268 e. The molecule has 0 saturated heterocycles. The molecule has 7 heteroatoms. The van der Waals surface area contributed by atoms with Gasteiger partial charge in [-0.2, -0.15) is 0 Å². The molecule has 2 heterocycles. The first-order valence-electron chi connectivity index (χ1n) is 9.21. The van der Waals surface area contributed by atoms with Gasteiger partial charge in [-0.1, -0.05) is 42.1 Å². The van der Waals surface area contributed by atoms with Gasteiger partial charge in [-0.05, 0) is 43.2 Å². The van der Waals surface area contributed by atoms with Crippen molar-refractivity contribution >= 4 is 33.3 Å². The lowest BCUT2D eigenvalue weighted by molar-refractivity contribution is 0.296. The predicted molar refractivity (Wildman–Crippen MR) is 118 cm³/mol. The Balaban J connectivity index is 1.98. The minimum absolute atomic E-state index is 0.0949. The third-order valence-corrected chi connectivity index (χ3v) is 6.58. The van der Waals surface area contributed by atoms with E-state index in [0.29, 0.717) is 27.5 Å². The first-order chi connectivity index (χ1) is 14.1. The summed E-state index contributed by atoms with van der Waals surface area (Å²) >= 11 is 2.93. The fraction of sp³-hybridized carbons (Fsp3) is 0.182. The summed E-state index contributed by atoms with van der Waals surface area (Å²) in [5.41, 5.74) is 2.21. The van der Waals surface area contributed by atoms with E-state index in [1.807, 2.05) is 37.3 Å². The van der Waals surface area contributed by atoms with Crippen LogP contribution in [0.4, 0.5) is 4.39 Å². The molecule has 0 fully saturated rings. The van der Waals surface area contributed by atoms with Crippen molar-refractivity contribution in [3.63, 3.8) is 0 Å². The van der Waals surface area contributed by atoms with Crippen molar-refractivity contribution in [2.24, 2.45) is 0 Å². The van der Waals surface area contributed by atoms with E-state index in [1.165, 1.54) is 35.2 Å². The molecule has 29 heavy (non-hydrogen) atoms. The zero-order valence-corrected chi connectivity index (χ0v) is 17.4. The number of aromatic nitrogens is 2. The summed E-state index contributed by atoms with van der Waals surface area (Å²) in [6, 6.07) is 15.6. The van der Waals surface area contributed by atoms with Crippen LogP contribution < -0.4 is 5.56 Å². The summed E-state index contributed by atoms with van der Waals surface area (Å²) in [7, 11) is 0. The van der Waals surface area contributed by atoms with Gasteiger partial charge >= 0.3 is 0 Å². The minimum Gasteiger partial charge on any atom is -0.396 e. The molecule has 148 valence electrons. The zero-order chi connectivity index (χ0) is 20.4. The van der Waals surface area contributed by atoms with Crippen molar-refractivity contribution in [3.8, 4) is 16.8 Å². The monoisotopic (exact) mass is 426 g/mol. The second-order valence-electron chi connectivity index (χ2n) is 6.52. The Morgan fingerprint density at radius 1 is 1.14 bits per heavy atom. The number of para-hydroxylation sites is 1. The summed E-state index contributed by atoms with van der Waals surface area (Å²) in [5.74, 6) is 0.351. The number of aliphatic hydroxyl groups excluding tert-OH is 1. The van der Waals surface area contributed by atoms with Crippen LogP contribution in [0.5, 0.6) is 0 Å². The number of hydrogen-bond donors (Lipinski definition) is 1. The highest BCUT2D eigenvalue weighted by Gasteiger charge is 2.20. The second kappa shape index (κ2) is 8.49. The minimum atomic E-state index is -0.312. The van der Waals surface area contributed by atoms with Gasteiger partial charge in [-0.25, -0.2) is 9.37 Å². The molecule has 0 aliphatic carbocycles. The molecule has 0 aliphatic rings. The first-order valence-corrected chi connectivity index (χ1v) is 11.0. The molecule has 2 aromatic heterocycles. The van der Waals surface area contributed by atoms with Crippen LogP contribution in [0.15, 0.2) is 64.5 Å². The topological polar surface area (TPSA) is 55.1 Å². The molecular formula is C22H19FN2O2S2. The predicted octanol–water partition coefficient (Wildman–Crippen LogP) is 5.04. The second-order valence-corrected chi connectivity index (χ2v) is 8.78. The highest BCUT2D eigenvalue weighted by atomic mass is 32.2. The SMILES string of the molecule is Cc1sc2nc(SCCCO)n(-c3ccccc3)c(=O)c2c1-c1ccc(F)cc1. The average molecular weight is 427 g/mol.